The number of halogens is 3. The summed E-state index contributed by atoms with van der Waals surface area (Å²) in [6.45, 7) is 0. The SMILES string of the molecule is CN1C(=O)C(NC(=O)C2(NC(=O)C3CCCCC3)CCCC2)N=C(c2ccc(C(F)(F)F)cc2)c2ccccc21. The van der Waals surface area contributed by atoms with Gasteiger partial charge >= 0.3 is 6.18 Å². The molecular formula is C30H33F3N4O3. The van der Waals surface area contributed by atoms with Crippen molar-refractivity contribution in [1.82, 2.24) is 10.6 Å². The maximum Gasteiger partial charge on any atom is 0.416 e. The van der Waals surface area contributed by atoms with Crippen molar-refractivity contribution in [2.75, 3.05) is 11.9 Å². The fourth-order valence-corrected chi connectivity index (χ4v) is 6.02. The van der Waals surface area contributed by atoms with Crippen molar-refractivity contribution in [3.8, 4) is 0 Å². The van der Waals surface area contributed by atoms with Gasteiger partial charge in [0.2, 0.25) is 18.0 Å². The molecule has 0 spiro atoms. The number of anilines is 1. The number of carbonyl (C=O) groups is 3. The molecule has 2 aromatic carbocycles. The Hall–Kier alpha value is -3.69. The predicted octanol–water partition coefficient (Wildman–Crippen LogP) is 4.97. The molecule has 1 heterocycles. The van der Waals surface area contributed by atoms with Crippen LogP contribution in [0.15, 0.2) is 53.5 Å². The molecule has 2 fully saturated rings. The smallest absolute Gasteiger partial charge is 0.341 e. The average Bonchev–Trinajstić information content (AvgIpc) is 3.40. The highest BCUT2D eigenvalue weighted by Gasteiger charge is 2.45. The number of benzene rings is 2. The van der Waals surface area contributed by atoms with Gasteiger partial charge in [0.25, 0.3) is 5.91 Å². The predicted molar refractivity (Wildman–Crippen MR) is 145 cm³/mol. The lowest BCUT2D eigenvalue weighted by Gasteiger charge is -2.33. The molecule has 1 aliphatic heterocycles. The third-order valence-corrected chi connectivity index (χ3v) is 8.33. The molecular weight excluding hydrogens is 521 g/mol. The second-order valence-corrected chi connectivity index (χ2v) is 11.0. The molecule has 0 saturated heterocycles. The molecule has 3 aliphatic rings. The molecule has 2 N–H and O–H groups in total. The van der Waals surface area contributed by atoms with Crippen molar-refractivity contribution in [3.05, 3.63) is 65.2 Å². The lowest BCUT2D eigenvalue weighted by Crippen LogP contribution is -2.61. The highest BCUT2D eigenvalue weighted by Crippen LogP contribution is 2.34. The molecule has 2 aliphatic carbocycles. The molecule has 0 bridgehead atoms. The van der Waals surface area contributed by atoms with Crippen LogP contribution >= 0.6 is 0 Å². The summed E-state index contributed by atoms with van der Waals surface area (Å²) in [4.78, 5) is 46.5. The van der Waals surface area contributed by atoms with Crippen LogP contribution in [0, 0.1) is 5.92 Å². The molecule has 10 heteroatoms. The number of benzodiazepines with no additional fused rings is 1. The molecule has 2 aromatic rings. The Labute approximate surface area is 231 Å². The number of nitrogens with zero attached hydrogens (tertiary/aromatic N) is 2. The molecule has 3 amide bonds. The van der Waals surface area contributed by atoms with Crippen molar-refractivity contribution in [2.24, 2.45) is 10.9 Å². The minimum Gasteiger partial charge on any atom is -0.341 e. The van der Waals surface area contributed by atoms with E-state index >= 15 is 0 Å². The van der Waals surface area contributed by atoms with Crippen LogP contribution in [-0.2, 0) is 20.6 Å². The summed E-state index contributed by atoms with van der Waals surface area (Å²) in [6.07, 6.45) is 1.32. The number of hydrogen-bond donors (Lipinski definition) is 2. The molecule has 5 rings (SSSR count). The summed E-state index contributed by atoms with van der Waals surface area (Å²) in [6, 6.07) is 11.5. The second-order valence-electron chi connectivity index (χ2n) is 11.0. The van der Waals surface area contributed by atoms with Crippen molar-refractivity contribution in [3.63, 3.8) is 0 Å². The zero-order valence-electron chi connectivity index (χ0n) is 22.4. The number of hydrogen-bond acceptors (Lipinski definition) is 4. The van der Waals surface area contributed by atoms with E-state index in [0.717, 1.165) is 57.1 Å². The molecule has 2 saturated carbocycles. The maximum atomic E-state index is 13.8. The number of likely N-dealkylation sites (N-methyl/N-ethyl adjacent to an activating group) is 1. The van der Waals surface area contributed by atoms with Crippen LogP contribution in [0.25, 0.3) is 0 Å². The standard InChI is InChI=1S/C30H33F3N4O3/c1-37-23-12-6-5-11-22(23)24(19-13-15-21(16-14-19)30(31,32)33)34-25(27(37)39)35-28(40)29(17-7-8-18-29)36-26(38)20-9-3-2-4-10-20/h5-6,11-16,20,25H,2-4,7-10,17-18H2,1H3,(H,35,40)(H,36,38). The van der Waals surface area contributed by atoms with Crippen LogP contribution in [0.4, 0.5) is 18.9 Å². The number of nitrogens with one attached hydrogen (secondary N) is 2. The third kappa shape index (κ3) is 5.48. The maximum absolute atomic E-state index is 13.8. The van der Waals surface area contributed by atoms with Crippen LogP contribution in [0.1, 0.15) is 74.5 Å². The molecule has 1 unspecified atom stereocenters. The van der Waals surface area contributed by atoms with Gasteiger partial charge in [-0.15, -0.1) is 0 Å². The minimum atomic E-state index is -4.49. The Morgan fingerprint density at radius 3 is 2.25 bits per heavy atom. The Kier molecular flexibility index (Phi) is 7.70. The van der Waals surface area contributed by atoms with Gasteiger partial charge in [0, 0.05) is 24.1 Å². The van der Waals surface area contributed by atoms with E-state index in [0.29, 0.717) is 35.4 Å². The summed E-state index contributed by atoms with van der Waals surface area (Å²) < 4.78 is 39.6. The first-order valence-corrected chi connectivity index (χ1v) is 13.8. The monoisotopic (exact) mass is 554 g/mol. The van der Waals surface area contributed by atoms with E-state index in [-0.39, 0.29) is 11.8 Å². The fourth-order valence-electron chi connectivity index (χ4n) is 6.02. The van der Waals surface area contributed by atoms with Gasteiger partial charge < -0.3 is 15.5 Å². The number of amides is 3. The van der Waals surface area contributed by atoms with E-state index in [4.69, 9.17) is 0 Å². The van der Waals surface area contributed by atoms with Gasteiger partial charge in [0.05, 0.1) is 17.0 Å². The number of aliphatic imine (C=N–C) groups is 1. The van der Waals surface area contributed by atoms with Crippen LogP contribution in [0.2, 0.25) is 0 Å². The zero-order chi connectivity index (χ0) is 28.5. The van der Waals surface area contributed by atoms with Crippen molar-refractivity contribution >= 4 is 29.1 Å². The van der Waals surface area contributed by atoms with Gasteiger partial charge in [-0.2, -0.15) is 13.2 Å². The van der Waals surface area contributed by atoms with E-state index < -0.39 is 35.3 Å². The van der Waals surface area contributed by atoms with Crippen molar-refractivity contribution in [2.45, 2.75) is 75.7 Å². The van der Waals surface area contributed by atoms with Gasteiger partial charge in [-0.05, 0) is 43.9 Å². The van der Waals surface area contributed by atoms with E-state index in [1.807, 2.05) is 0 Å². The first-order valence-electron chi connectivity index (χ1n) is 13.8. The third-order valence-electron chi connectivity index (χ3n) is 8.33. The van der Waals surface area contributed by atoms with Crippen LogP contribution in [0.5, 0.6) is 0 Å². The van der Waals surface area contributed by atoms with E-state index in [2.05, 4.69) is 15.6 Å². The van der Waals surface area contributed by atoms with Crippen LogP contribution in [0.3, 0.4) is 0 Å². The molecule has 40 heavy (non-hydrogen) atoms. The Morgan fingerprint density at radius 1 is 0.950 bits per heavy atom. The van der Waals surface area contributed by atoms with Gasteiger partial charge in [0.15, 0.2) is 0 Å². The summed E-state index contributed by atoms with van der Waals surface area (Å²) in [5.41, 5.74) is -0.187. The molecule has 0 aromatic heterocycles. The van der Waals surface area contributed by atoms with Gasteiger partial charge in [0.1, 0.15) is 5.54 Å². The summed E-state index contributed by atoms with van der Waals surface area (Å²) in [5.74, 6) is -1.21. The largest absolute Gasteiger partial charge is 0.416 e. The summed E-state index contributed by atoms with van der Waals surface area (Å²) in [7, 11) is 1.57. The highest BCUT2D eigenvalue weighted by atomic mass is 19.4. The Morgan fingerprint density at radius 2 is 1.60 bits per heavy atom. The molecule has 0 radical (unpaired) electrons. The number of fused-ring (bicyclic) bond motifs is 1. The molecule has 7 nitrogen and oxygen atoms in total. The Balaban J connectivity index is 1.47. The number of carbonyl (C=O) groups excluding carboxylic acids is 3. The van der Waals surface area contributed by atoms with Crippen LogP contribution in [-0.4, -0.2) is 42.2 Å². The van der Waals surface area contributed by atoms with Crippen molar-refractivity contribution < 1.29 is 27.6 Å². The topological polar surface area (TPSA) is 90.9 Å². The molecule has 1 atom stereocenters. The van der Waals surface area contributed by atoms with Gasteiger partial charge in [-0.3, -0.25) is 14.4 Å². The number of rotatable bonds is 5. The summed E-state index contributed by atoms with van der Waals surface area (Å²) in [5, 5.41) is 5.83. The number of para-hydroxylation sites is 1. The van der Waals surface area contributed by atoms with Crippen molar-refractivity contribution in [1.29, 1.82) is 0 Å². The average molecular weight is 555 g/mol. The second kappa shape index (κ2) is 11.1. The lowest BCUT2D eigenvalue weighted by atomic mass is 9.87. The van der Waals surface area contributed by atoms with Gasteiger partial charge in [-0.25, -0.2) is 4.99 Å². The first kappa shape index (κ1) is 27.9. The van der Waals surface area contributed by atoms with E-state index in [1.54, 1.807) is 31.3 Å². The quantitative estimate of drug-likeness (QED) is 0.547. The lowest BCUT2D eigenvalue weighted by molar-refractivity contribution is -0.137. The highest BCUT2D eigenvalue weighted by molar-refractivity contribution is 6.20. The van der Waals surface area contributed by atoms with Crippen LogP contribution < -0.4 is 15.5 Å². The fraction of sp³-hybridized carbons (Fsp3) is 0.467. The van der Waals surface area contributed by atoms with E-state index in [9.17, 15) is 27.6 Å². The summed E-state index contributed by atoms with van der Waals surface area (Å²) >= 11 is 0. The zero-order valence-corrected chi connectivity index (χ0v) is 22.4. The first-order chi connectivity index (χ1) is 19.1. The van der Waals surface area contributed by atoms with Gasteiger partial charge in [-0.1, -0.05) is 62.4 Å². The number of alkyl halides is 3. The minimum absolute atomic E-state index is 0.122. The Bertz CT molecular complexity index is 1310. The molecule has 212 valence electrons. The van der Waals surface area contributed by atoms with E-state index in [1.165, 1.54) is 17.0 Å². The normalized spacial score (nSPS) is 21.3.